The molecule has 4 rings (SSSR count). The number of nitrogens with zero attached hydrogens (tertiary/aromatic N) is 2. The van der Waals surface area contributed by atoms with Crippen molar-refractivity contribution in [3.63, 3.8) is 0 Å². The van der Waals surface area contributed by atoms with Gasteiger partial charge < -0.3 is 4.42 Å². The Balaban J connectivity index is 1.98. The fourth-order valence-electron chi connectivity index (χ4n) is 2.36. The lowest BCUT2D eigenvalue weighted by Gasteiger charge is -2.03. The molecule has 106 valence electrons. The first-order valence-electron chi connectivity index (χ1n) is 6.66. The maximum Gasteiger partial charge on any atom is 0.345 e. The summed E-state index contributed by atoms with van der Waals surface area (Å²) < 4.78 is 6.29. The van der Waals surface area contributed by atoms with Gasteiger partial charge in [0.15, 0.2) is 0 Å². The molecule has 4 nitrogen and oxygen atoms in total. The van der Waals surface area contributed by atoms with E-state index >= 15 is 0 Å². The van der Waals surface area contributed by atoms with E-state index in [0.717, 1.165) is 20.9 Å². The standard InChI is InChI=1S/C17H9BrN2O2/c18-11-5-6-16-10(7-11)8-12(17(21)22-16)15-9-19-13-3-1-2-4-14(13)20-15/h1-9H. The Labute approximate surface area is 133 Å². The number of hydrogen-bond donors (Lipinski definition) is 0. The predicted molar refractivity (Wildman–Crippen MR) is 88.7 cm³/mol. The summed E-state index contributed by atoms with van der Waals surface area (Å²) in [6.45, 7) is 0. The lowest BCUT2D eigenvalue weighted by Crippen LogP contribution is -2.04. The molecule has 0 aliphatic heterocycles. The Hall–Kier alpha value is -2.53. The molecule has 2 aromatic heterocycles. The van der Waals surface area contributed by atoms with E-state index in [1.54, 1.807) is 18.3 Å². The third kappa shape index (κ3) is 2.19. The summed E-state index contributed by atoms with van der Waals surface area (Å²) in [5.41, 5.74) is 2.58. The van der Waals surface area contributed by atoms with E-state index in [1.165, 1.54) is 0 Å². The Morgan fingerprint density at radius 1 is 1.00 bits per heavy atom. The fourth-order valence-corrected chi connectivity index (χ4v) is 2.74. The molecule has 0 atom stereocenters. The average molecular weight is 353 g/mol. The van der Waals surface area contributed by atoms with Gasteiger partial charge >= 0.3 is 5.63 Å². The molecule has 0 aliphatic rings. The van der Waals surface area contributed by atoms with Crippen LogP contribution in [0.5, 0.6) is 0 Å². The number of hydrogen-bond acceptors (Lipinski definition) is 4. The molecule has 4 aromatic rings. The van der Waals surface area contributed by atoms with Crippen LogP contribution in [-0.2, 0) is 0 Å². The van der Waals surface area contributed by atoms with Crippen molar-refractivity contribution >= 4 is 37.9 Å². The van der Waals surface area contributed by atoms with E-state index in [-0.39, 0.29) is 0 Å². The molecule has 0 saturated carbocycles. The maximum absolute atomic E-state index is 12.2. The second-order valence-corrected chi connectivity index (χ2v) is 5.79. The minimum Gasteiger partial charge on any atom is -0.422 e. The number of rotatable bonds is 1. The Kier molecular flexibility index (Phi) is 3.01. The van der Waals surface area contributed by atoms with Crippen molar-refractivity contribution in [2.24, 2.45) is 0 Å². The molecule has 2 aromatic carbocycles. The van der Waals surface area contributed by atoms with Crippen LogP contribution in [0.3, 0.4) is 0 Å². The highest BCUT2D eigenvalue weighted by Gasteiger charge is 2.10. The molecular weight excluding hydrogens is 344 g/mol. The Morgan fingerprint density at radius 3 is 2.68 bits per heavy atom. The van der Waals surface area contributed by atoms with Crippen molar-refractivity contribution in [2.75, 3.05) is 0 Å². The van der Waals surface area contributed by atoms with E-state index < -0.39 is 5.63 Å². The van der Waals surface area contributed by atoms with Crippen molar-refractivity contribution in [3.05, 3.63) is 69.6 Å². The largest absolute Gasteiger partial charge is 0.422 e. The van der Waals surface area contributed by atoms with Gasteiger partial charge in [-0.25, -0.2) is 9.78 Å². The van der Waals surface area contributed by atoms with Crippen LogP contribution in [0.2, 0.25) is 0 Å². The van der Waals surface area contributed by atoms with Crippen molar-refractivity contribution < 1.29 is 4.42 Å². The van der Waals surface area contributed by atoms with Crippen molar-refractivity contribution in [1.29, 1.82) is 0 Å². The van der Waals surface area contributed by atoms with Gasteiger partial charge in [0, 0.05) is 9.86 Å². The van der Waals surface area contributed by atoms with Gasteiger partial charge in [-0.15, -0.1) is 0 Å². The SMILES string of the molecule is O=c1oc2ccc(Br)cc2cc1-c1cnc2ccccc2n1. The molecule has 5 heteroatoms. The van der Waals surface area contributed by atoms with Crippen LogP contribution in [0.25, 0.3) is 33.3 Å². The Morgan fingerprint density at radius 2 is 1.82 bits per heavy atom. The van der Waals surface area contributed by atoms with E-state index in [9.17, 15) is 4.79 Å². The van der Waals surface area contributed by atoms with E-state index in [4.69, 9.17) is 4.42 Å². The topological polar surface area (TPSA) is 56.0 Å². The lowest BCUT2D eigenvalue weighted by molar-refractivity contribution is 0.563. The van der Waals surface area contributed by atoms with Gasteiger partial charge in [-0.2, -0.15) is 0 Å². The van der Waals surface area contributed by atoms with Crippen LogP contribution in [0.15, 0.2) is 68.4 Å². The molecule has 0 bridgehead atoms. The van der Waals surface area contributed by atoms with E-state index in [0.29, 0.717) is 16.8 Å². The monoisotopic (exact) mass is 352 g/mol. The van der Waals surface area contributed by atoms with E-state index in [2.05, 4.69) is 25.9 Å². The first-order valence-corrected chi connectivity index (χ1v) is 7.45. The predicted octanol–water partition coefficient (Wildman–Crippen LogP) is 4.17. The molecular formula is C17H9BrN2O2. The second kappa shape index (κ2) is 5.03. The number of para-hydroxylation sites is 2. The highest BCUT2D eigenvalue weighted by Crippen LogP contribution is 2.23. The summed E-state index contributed by atoms with van der Waals surface area (Å²) in [7, 11) is 0. The van der Waals surface area contributed by atoms with Crippen LogP contribution < -0.4 is 5.63 Å². The summed E-state index contributed by atoms with van der Waals surface area (Å²) in [5, 5.41) is 0.832. The zero-order chi connectivity index (χ0) is 15.1. The molecule has 0 spiro atoms. The van der Waals surface area contributed by atoms with Crippen molar-refractivity contribution in [3.8, 4) is 11.3 Å². The number of benzene rings is 2. The van der Waals surface area contributed by atoms with Gasteiger partial charge in [0.2, 0.25) is 0 Å². The molecule has 0 amide bonds. The van der Waals surface area contributed by atoms with Crippen LogP contribution in [0.1, 0.15) is 0 Å². The fraction of sp³-hybridized carbons (Fsp3) is 0. The van der Waals surface area contributed by atoms with Crippen LogP contribution >= 0.6 is 15.9 Å². The third-order valence-corrected chi connectivity index (χ3v) is 3.91. The van der Waals surface area contributed by atoms with Crippen molar-refractivity contribution in [2.45, 2.75) is 0 Å². The minimum absolute atomic E-state index is 0.406. The summed E-state index contributed by atoms with van der Waals surface area (Å²) in [5.74, 6) is 0. The maximum atomic E-state index is 12.2. The van der Waals surface area contributed by atoms with Gasteiger partial charge in [-0.1, -0.05) is 28.1 Å². The van der Waals surface area contributed by atoms with Crippen LogP contribution in [0.4, 0.5) is 0 Å². The van der Waals surface area contributed by atoms with Crippen LogP contribution in [-0.4, -0.2) is 9.97 Å². The molecule has 0 aliphatic carbocycles. The first kappa shape index (κ1) is 13.2. The Bertz CT molecular complexity index is 1070. The van der Waals surface area contributed by atoms with E-state index in [1.807, 2.05) is 36.4 Å². The van der Waals surface area contributed by atoms with Gasteiger partial charge in [-0.3, -0.25) is 4.98 Å². The molecule has 0 saturated heterocycles. The normalized spacial score (nSPS) is 11.1. The summed E-state index contributed by atoms with van der Waals surface area (Å²) in [6, 6.07) is 14.8. The first-order chi connectivity index (χ1) is 10.7. The van der Waals surface area contributed by atoms with Gasteiger partial charge in [0.05, 0.1) is 28.5 Å². The average Bonchev–Trinajstić information content (AvgIpc) is 2.54. The van der Waals surface area contributed by atoms with Gasteiger partial charge in [0.25, 0.3) is 0 Å². The molecule has 22 heavy (non-hydrogen) atoms. The zero-order valence-electron chi connectivity index (χ0n) is 11.3. The lowest BCUT2D eigenvalue weighted by atomic mass is 10.1. The molecule has 2 heterocycles. The number of halogens is 1. The summed E-state index contributed by atoms with van der Waals surface area (Å²) in [4.78, 5) is 21.1. The van der Waals surface area contributed by atoms with Gasteiger partial charge in [0.1, 0.15) is 5.58 Å². The highest BCUT2D eigenvalue weighted by atomic mass is 79.9. The molecule has 0 N–H and O–H groups in total. The third-order valence-electron chi connectivity index (χ3n) is 3.42. The summed E-state index contributed by atoms with van der Waals surface area (Å²) >= 11 is 3.42. The molecule has 0 unspecified atom stereocenters. The quantitative estimate of drug-likeness (QED) is 0.482. The smallest absolute Gasteiger partial charge is 0.345 e. The number of aromatic nitrogens is 2. The second-order valence-electron chi connectivity index (χ2n) is 4.87. The highest BCUT2D eigenvalue weighted by molar-refractivity contribution is 9.10. The van der Waals surface area contributed by atoms with Gasteiger partial charge in [-0.05, 0) is 36.4 Å². The molecule has 0 radical (unpaired) electrons. The molecule has 0 fully saturated rings. The van der Waals surface area contributed by atoms with Crippen LogP contribution in [0, 0.1) is 0 Å². The summed E-state index contributed by atoms with van der Waals surface area (Å²) in [6.07, 6.45) is 1.60. The zero-order valence-corrected chi connectivity index (χ0v) is 12.9. The number of fused-ring (bicyclic) bond motifs is 2. The minimum atomic E-state index is -0.417. The van der Waals surface area contributed by atoms with Crippen molar-refractivity contribution in [1.82, 2.24) is 9.97 Å².